The molecule has 7 heteroatoms. The Morgan fingerprint density at radius 3 is 2.76 bits per heavy atom. The van der Waals surface area contributed by atoms with E-state index in [2.05, 4.69) is 18.8 Å². The Balaban J connectivity index is 2.34. The summed E-state index contributed by atoms with van der Waals surface area (Å²) in [5, 5.41) is 10.8. The maximum absolute atomic E-state index is 12.7. The average molecular weight is 312 g/mol. The van der Waals surface area contributed by atoms with Crippen LogP contribution in [-0.2, 0) is 0 Å². The van der Waals surface area contributed by atoms with Crippen molar-refractivity contribution in [2.45, 2.75) is 33.2 Å². The second-order valence-corrected chi connectivity index (χ2v) is 6.16. The fourth-order valence-corrected chi connectivity index (χ4v) is 3.01. The minimum Gasteiger partial charge on any atom is -0.335 e. The molecule has 3 unspecified atom stereocenters. The molecule has 114 valence electrons. The summed E-state index contributed by atoms with van der Waals surface area (Å²) in [5.74, 6) is 0.482. The zero-order valence-corrected chi connectivity index (χ0v) is 13.0. The second-order valence-electron chi connectivity index (χ2n) is 5.81. The van der Waals surface area contributed by atoms with Gasteiger partial charge in [-0.25, -0.2) is 4.98 Å². The van der Waals surface area contributed by atoms with Crippen LogP contribution in [0.1, 0.15) is 37.6 Å². The van der Waals surface area contributed by atoms with Crippen molar-refractivity contribution in [3.8, 4) is 0 Å². The summed E-state index contributed by atoms with van der Waals surface area (Å²) in [6.45, 7) is 6.82. The van der Waals surface area contributed by atoms with Gasteiger partial charge >= 0.3 is 0 Å². The van der Waals surface area contributed by atoms with Gasteiger partial charge in [0, 0.05) is 18.7 Å². The van der Waals surface area contributed by atoms with Crippen molar-refractivity contribution in [1.29, 1.82) is 0 Å². The number of nitro groups is 1. The molecule has 0 aromatic carbocycles. The molecule has 0 radical (unpaired) electrons. The normalized spacial score (nSPS) is 25.7. The molecule has 2 heterocycles. The lowest BCUT2D eigenvalue weighted by molar-refractivity contribution is -0.385. The van der Waals surface area contributed by atoms with Crippen molar-refractivity contribution in [2.24, 2.45) is 11.8 Å². The Kier molecular flexibility index (Phi) is 4.46. The minimum absolute atomic E-state index is 0.00341. The molecule has 1 aromatic rings. The van der Waals surface area contributed by atoms with Gasteiger partial charge in [-0.05, 0) is 25.2 Å². The Bertz CT molecular complexity index is 579. The summed E-state index contributed by atoms with van der Waals surface area (Å²) in [4.78, 5) is 28.4. The highest BCUT2D eigenvalue weighted by atomic mass is 35.5. The van der Waals surface area contributed by atoms with Gasteiger partial charge in [-0.1, -0.05) is 25.4 Å². The SMILES string of the molecule is CC1CC(C)C(C)N(C(=O)c2cc([N+](=O)[O-])cnc2Cl)C1. The number of hydrogen-bond acceptors (Lipinski definition) is 4. The van der Waals surface area contributed by atoms with Crippen LogP contribution in [0.25, 0.3) is 0 Å². The van der Waals surface area contributed by atoms with Gasteiger partial charge in [-0.15, -0.1) is 0 Å². The van der Waals surface area contributed by atoms with Crippen LogP contribution in [0.15, 0.2) is 12.3 Å². The lowest BCUT2D eigenvalue weighted by Gasteiger charge is -2.41. The lowest BCUT2D eigenvalue weighted by Crippen LogP contribution is -2.49. The number of piperidine rings is 1. The van der Waals surface area contributed by atoms with Crippen molar-refractivity contribution >= 4 is 23.2 Å². The predicted octanol–water partition coefficient (Wildman–Crippen LogP) is 3.15. The van der Waals surface area contributed by atoms with Crippen LogP contribution < -0.4 is 0 Å². The van der Waals surface area contributed by atoms with Gasteiger partial charge in [0.15, 0.2) is 0 Å². The molecule has 0 bridgehead atoms. The van der Waals surface area contributed by atoms with E-state index in [9.17, 15) is 14.9 Å². The summed E-state index contributed by atoms with van der Waals surface area (Å²) in [6, 6.07) is 1.28. The van der Waals surface area contributed by atoms with E-state index in [1.54, 1.807) is 4.90 Å². The molecular formula is C14H18ClN3O3. The first-order valence-corrected chi connectivity index (χ1v) is 7.30. The van der Waals surface area contributed by atoms with E-state index in [0.717, 1.165) is 12.6 Å². The monoisotopic (exact) mass is 311 g/mol. The number of nitrogens with zero attached hydrogens (tertiary/aromatic N) is 3. The number of amides is 1. The van der Waals surface area contributed by atoms with Crippen LogP contribution in [0.3, 0.4) is 0 Å². The molecule has 1 saturated heterocycles. The van der Waals surface area contributed by atoms with Crippen LogP contribution in [0.2, 0.25) is 5.15 Å². The van der Waals surface area contributed by atoms with E-state index in [-0.39, 0.29) is 28.4 Å². The fraction of sp³-hybridized carbons (Fsp3) is 0.571. The first-order valence-electron chi connectivity index (χ1n) is 6.92. The van der Waals surface area contributed by atoms with Crippen molar-refractivity contribution in [1.82, 2.24) is 9.88 Å². The summed E-state index contributed by atoms with van der Waals surface area (Å²) in [5.41, 5.74) is -0.132. The maximum atomic E-state index is 12.7. The second kappa shape index (κ2) is 5.97. The van der Waals surface area contributed by atoms with Gasteiger partial charge in [0.25, 0.3) is 11.6 Å². The molecule has 1 amide bonds. The van der Waals surface area contributed by atoms with Gasteiger partial charge in [-0.3, -0.25) is 14.9 Å². The Morgan fingerprint density at radius 1 is 1.48 bits per heavy atom. The highest BCUT2D eigenvalue weighted by molar-refractivity contribution is 6.32. The van der Waals surface area contributed by atoms with Crippen molar-refractivity contribution in [3.63, 3.8) is 0 Å². The third-order valence-electron chi connectivity index (χ3n) is 4.12. The number of halogens is 1. The van der Waals surface area contributed by atoms with Gasteiger partial charge in [0.2, 0.25) is 0 Å². The van der Waals surface area contributed by atoms with Gasteiger partial charge in [0.1, 0.15) is 11.3 Å². The van der Waals surface area contributed by atoms with Crippen LogP contribution >= 0.6 is 11.6 Å². The molecule has 1 fully saturated rings. The van der Waals surface area contributed by atoms with E-state index >= 15 is 0 Å². The highest BCUT2D eigenvalue weighted by Gasteiger charge is 2.33. The molecule has 3 atom stereocenters. The Hall–Kier alpha value is -1.69. The average Bonchev–Trinajstić information content (AvgIpc) is 2.42. The number of pyridine rings is 1. The van der Waals surface area contributed by atoms with Crippen molar-refractivity contribution in [2.75, 3.05) is 6.54 Å². The molecule has 1 aromatic heterocycles. The molecule has 6 nitrogen and oxygen atoms in total. The molecule has 21 heavy (non-hydrogen) atoms. The maximum Gasteiger partial charge on any atom is 0.288 e. The quantitative estimate of drug-likeness (QED) is 0.477. The molecule has 0 N–H and O–H groups in total. The predicted molar refractivity (Wildman–Crippen MR) is 79.3 cm³/mol. The van der Waals surface area contributed by atoms with Crippen molar-refractivity contribution < 1.29 is 9.72 Å². The molecule has 2 rings (SSSR count). The largest absolute Gasteiger partial charge is 0.335 e. The molecule has 0 saturated carbocycles. The van der Waals surface area contributed by atoms with E-state index in [0.29, 0.717) is 18.4 Å². The lowest BCUT2D eigenvalue weighted by atomic mass is 9.85. The molecular weight excluding hydrogens is 294 g/mol. The first kappa shape index (κ1) is 15.7. The van der Waals surface area contributed by atoms with Crippen LogP contribution in [0.4, 0.5) is 5.69 Å². The topological polar surface area (TPSA) is 76.3 Å². The smallest absolute Gasteiger partial charge is 0.288 e. The molecule has 0 aliphatic carbocycles. The number of hydrogen-bond donors (Lipinski definition) is 0. The summed E-state index contributed by atoms with van der Waals surface area (Å²) in [7, 11) is 0. The Labute approximate surface area is 128 Å². The van der Waals surface area contributed by atoms with Crippen LogP contribution in [-0.4, -0.2) is 33.3 Å². The summed E-state index contributed by atoms with van der Waals surface area (Å²) < 4.78 is 0. The molecule has 0 spiro atoms. The molecule has 1 aliphatic rings. The number of likely N-dealkylation sites (tertiary alicyclic amines) is 1. The van der Waals surface area contributed by atoms with Gasteiger partial charge in [-0.2, -0.15) is 0 Å². The number of rotatable bonds is 2. The van der Waals surface area contributed by atoms with E-state index in [4.69, 9.17) is 11.6 Å². The van der Waals surface area contributed by atoms with Crippen molar-refractivity contribution in [3.05, 3.63) is 33.1 Å². The van der Waals surface area contributed by atoms with E-state index < -0.39 is 4.92 Å². The fourth-order valence-electron chi connectivity index (χ4n) is 2.82. The summed E-state index contributed by atoms with van der Waals surface area (Å²) in [6.07, 6.45) is 2.12. The van der Waals surface area contributed by atoms with Gasteiger partial charge < -0.3 is 4.90 Å². The third-order valence-corrected chi connectivity index (χ3v) is 4.43. The number of carbonyl (C=O) groups excluding carboxylic acids is 1. The minimum atomic E-state index is -0.578. The number of carbonyl (C=O) groups is 1. The van der Waals surface area contributed by atoms with Gasteiger partial charge in [0.05, 0.1) is 10.5 Å². The van der Waals surface area contributed by atoms with Crippen LogP contribution in [0.5, 0.6) is 0 Å². The van der Waals surface area contributed by atoms with Crippen LogP contribution in [0, 0.1) is 22.0 Å². The highest BCUT2D eigenvalue weighted by Crippen LogP contribution is 2.30. The van der Waals surface area contributed by atoms with E-state index in [1.165, 1.54) is 6.07 Å². The molecule has 1 aliphatic heterocycles. The Morgan fingerprint density at radius 2 is 2.14 bits per heavy atom. The third kappa shape index (κ3) is 3.15. The number of aromatic nitrogens is 1. The van der Waals surface area contributed by atoms with E-state index in [1.807, 2.05) is 6.92 Å². The zero-order chi connectivity index (χ0) is 15.7. The standard InChI is InChI=1S/C14H18ClN3O3/c1-8-4-9(2)10(3)17(7-8)14(19)12-5-11(18(20)21)6-16-13(12)15/h5-6,8-10H,4,7H2,1-3H3. The summed E-state index contributed by atoms with van der Waals surface area (Å²) >= 11 is 5.95. The zero-order valence-electron chi connectivity index (χ0n) is 12.2. The first-order chi connectivity index (χ1) is 9.81.